The van der Waals surface area contributed by atoms with Gasteiger partial charge in [0.1, 0.15) is 0 Å². The Morgan fingerprint density at radius 3 is 1.74 bits per heavy atom. The Labute approximate surface area is 247 Å². The summed E-state index contributed by atoms with van der Waals surface area (Å²) in [5.74, 6) is -2.24. The van der Waals surface area contributed by atoms with Crippen LogP contribution in [0.25, 0.3) is 0 Å². The predicted octanol–water partition coefficient (Wildman–Crippen LogP) is 4.24. The number of phenolic OH excluding ortho intramolecular Hbond substituents is 2. The summed E-state index contributed by atoms with van der Waals surface area (Å²) in [6.45, 7) is 5.66. The van der Waals surface area contributed by atoms with Crippen molar-refractivity contribution >= 4 is 23.9 Å². The van der Waals surface area contributed by atoms with Crippen molar-refractivity contribution in [2.24, 2.45) is 0 Å². The lowest BCUT2D eigenvalue weighted by molar-refractivity contribution is -0.134. The van der Waals surface area contributed by atoms with Gasteiger partial charge in [-0.15, -0.1) is 0 Å². The van der Waals surface area contributed by atoms with Gasteiger partial charge in [0, 0.05) is 46.3 Å². The molecule has 0 saturated heterocycles. The van der Waals surface area contributed by atoms with Crippen LogP contribution in [-0.4, -0.2) is 45.5 Å². The quantitative estimate of drug-likeness (QED) is 0.242. The monoisotopic (exact) mass is 589 g/mol. The molecule has 3 aromatic rings. The maximum atomic E-state index is 11.9. The van der Waals surface area contributed by atoms with Gasteiger partial charge in [-0.25, -0.2) is 0 Å². The van der Waals surface area contributed by atoms with Gasteiger partial charge in [0.2, 0.25) is 0 Å². The van der Waals surface area contributed by atoms with E-state index in [1.807, 2.05) is 0 Å². The lowest BCUT2D eigenvalue weighted by Gasteiger charge is -2.47. The highest BCUT2D eigenvalue weighted by atomic mass is 16.6. The third kappa shape index (κ3) is 6.31. The summed E-state index contributed by atoms with van der Waals surface area (Å²) in [7, 11) is 0. The Morgan fingerprint density at radius 2 is 1.21 bits per heavy atom. The first-order valence-electron chi connectivity index (χ1n) is 13.7. The molecule has 0 radical (unpaired) electrons. The summed E-state index contributed by atoms with van der Waals surface area (Å²) in [4.78, 5) is 49.8. The lowest BCUT2D eigenvalue weighted by atomic mass is 9.79. The number of esters is 4. The molecule has 11 nitrogen and oxygen atoms in total. The van der Waals surface area contributed by atoms with Gasteiger partial charge in [-0.3, -0.25) is 24.1 Å². The standard InChI is InChI=1S/C32H31NO10/c1-16(34)40-29-12-21-7-8-33-25(9-20-5-6-27(38)28(39)10-20)24-15-32(43-19(4)37)30(41-17(2)35)13-22(24)11-26(33)23(21)14-31(29)42-18(3)36/h5-6,10,12-15,25-26,38-39H,7-9,11H2,1-4H3/t25-,26+/m0/s1. The fourth-order valence-electron chi connectivity index (χ4n) is 5.91. The maximum absolute atomic E-state index is 11.9. The zero-order valence-corrected chi connectivity index (χ0v) is 24.1. The van der Waals surface area contributed by atoms with Crippen molar-refractivity contribution < 1.29 is 48.3 Å². The number of fused-ring (bicyclic) bond motifs is 4. The lowest BCUT2D eigenvalue weighted by Crippen LogP contribution is -2.43. The van der Waals surface area contributed by atoms with Gasteiger partial charge in [-0.05, 0) is 83.5 Å². The van der Waals surface area contributed by atoms with E-state index < -0.39 is 23.9 Å². The van der Waals surface area contributed by atoms with Crippen LogP contribution in [0.4, 0.5) is 0 Å². The molecule has 0 aliphatic carbocycles. The second-order valence-corrected chi connectivity index (χ2v) is 10.6. The summed E-state index contributed by atoms with van der Waals surface area (Å²) in [6.07, 6.45) is 1.48. The Hall–Kier alpha value is -4.90. The van der Waals surface area contributed by atoms with E-state index in [0.29, 0.717) is 25.8 Å². The first-order valence-corrected chi connectivity index (χ1v) is 13.7. The van der Waals surface area contributed by atoms with Crippen LogP contribution < -0.4 is 18.9 Å². The zero-order valence-electron chi connectivity index (χ0n) is 24.1. The van der Waals surface area contributed by atoms with E-state index in [-0.39, 0.29) is 46.6 Å². The van der Waals surface area contributed by atoms with Crippen molar-refractivity contribution in [3.63, 3.8) is 0 Å². The number of nitrogens with zero attached hydrogens (tertiary/aromatic N) is 1. The van der Waals surface area contributed by atoms with Crippen molar-refractivity contribution in [3.8, 4) is 34.5 Å². The maximum Gasteiger partial charge on any atom is 0.308 e. The van der Waals surface area contributed by atoms with Crippen LogP contribution in [0.15, 0.2) is 42.5 Å². The Balaban J connectivity index is 1.66. The second kappa shape index (κ2) is 11.8. The summed E-state index contributed by atoms with van der Waals surface area (Å²) in [5, 5.41) is 20.1. The third-order valence-electron chi connectivity index (χ3n) is 7.47. The highest BCUT2D eigenvalue weighted by molar-refractivity contribution is 5.75. The third-order valence-corrected chi connectivity index (χ3v) is 7.47. The van der Waals surface area contributed by atoms with Gasteiger partial charge in [0.15, 0.2) is 34.5 Å². The summed E-state index contributed by atoms with van der Waals surface area (Å²) >= 11 is 0. The van der Waals surface area contributed by atoms with Crippen molar-refractivity contribution in [2.45, 2.75) is 59.0 Å². The van der Waals surface area contributed by atoms with Crippen molar-refractivity contribution in [3.05, 3.63) is 70.3 Å². The molecule has 5 rings (SSSR count). The number of ether oxygens (including phenoxy) is 4. The molecule has 43 heavy (non-hydrogen) atoms. The molecule has 0 aromatic heterocycles. The van der Waals surface area contributed by atoms with Gasteiger partial charge in [-0.2, -0.15) is 0 Å². The minimum atomic E-state index is -0.575. The summed E-state index contributed by atoms with van der Waals surface area (Å²) in [6, 6.07) is 11.0. The zero-order chi connectivity index (χ0) is 31.0. The molecular weight excluding hydrogens is 558 g/mol. The molecule has 0 amide bonds. The number of hydrogen-bond acceptors (Lipinski definition) is 11. The summed E-state index contributed by atoms with van der Waals surface area (Å²) < 4.78 is 21.6. The van der Waals surface area contributed by atoms with E-state index in [4.69, 9.17) is 18.9 Å². The Morgan fingerprint density at radius 1 is 0.698 bits per heavy atom. The normalized spacial score (nSPS) is 17.1. The fraction of sp³-hybridized carbons (Fsp3) is 0.312. The molecule has 0 unspecified atom stereocenters. The molecule has 2 aliphatic rings. The number of rotatable bonds is 6. The van der Waals surface area contributed by atoms with Gasteiger partial charge in [0.25, 0.3) is 0 Å². The average molecular weight is 590 g/mol. The molecule has 3 aromatic carbocycles. The SMILES string of the molecule is CC(=O)Oc1cc2c(cc1OC(C)=O)[C@H]1Cc3cc(OC(C)=O)c(OC(C)=O)cc3[C@H](Cc3ccc(O)c(O)c3)N1CC2. The Kier molecular flexibility index (Phi) is 8.10. The molecule has 2 aliphatic heterocycles. The first-order chi connectivity index (χ1) is 20.4. The topological polar surface area (TPSA) is 149 Å². The fourth-order valence-corrected chi connectivity index (χ4v) is 5.91. The van der Waals surface area contributed by atoms with Gasteiger partial charge in [0.05, 0.1) is 0 Å². The minimum Gasteiger partial charge on any atom is -0.504 e. The van der Waals surface area contributed by atoms with Crippen LogP contribution in [0.2, 0.25) is 0 Å². The summed E-state index contributed by atoms with van der Waals surface area (Å²) in [5.41, 5.74) is 4.24. The minimum absolute atomic E-state index is 0.109. The van der Waals surface area contributed by atoms with Crippen LogP contribution in [0.3, 0.4) is 0 Å². The number of carbonyl (C=O) groups is 4. The molecule has 2 heterocycles. The highest BCUT2D eigenvalue weighted by Crippen LogP contribution is 2.49. The number of aromatic hydroxyl groups is 2. The first kappa shape index (κ1) is 29.6. The average Bonchev–Trinajstić information content (AvgIpc) is 2.90. The predicted molar refractivity (Wildman–Crippen MR) is 151 cm³/mol. The van der Waals surface area contributed by atoms with Crippen LogP contribution in [0, 0.1) is 0 Å². The van der Waals surface area contributed by atoms with E-state index in [2.05, 4.69) is 4.90 Å². The molecule has 0 spiro atoms. The van der Waals surface area contributed by atoms with Gasteiger partial charge >= 0.3 is 23.9 Å². The van der Waals surface area contributed by atoms with Crippen LogP contribution >= 0.6 is 0 Å². The van der Waals surface area contributed by atoms with Crippen molar-refractivity contribution in [1.82, 2.24) is 4.90 Å². The largest absolute Gasteiger partial charge is 0.504 e. The van der Waals surface area contributed by atoms with E-state index >= 15 is 0 Å². The van der Waals surface area contributed by atoms with Crippen LogP contribution in [0.1, 0.15) is 67.6 Å². The molecule has 2 atom stereocenters. The van der Waals surface area contributed by atoms with E-state index in [9.17, 15) is 29.4 Å². The van der Waals surface area contributed by atoms with Crippen LogP contribution in [0.5, 0.6) is 34.5 Å². The molecule has 224 valence electrons. The highest BCUT2D eigenvalue weighted by Gasteiger charge is 2.40. The Bertz CT molecular complexity index is 1650. The smallest absolute Gasteiger partial charge is 0.308 e. The van der Waals surface area contributed by atoms with E-state index in [1.54, 1.807) is 30.3 Å². The number of phenols is 2. The molecule has 2 N–H and O–H groups in total. The van der Waals surface area contributed by atoms with Crippen molar-refractivity contribution in [1.29, 1.82) is 0 Å². The van der Waals surface area contributed by atoms with E-state index in [0.717, 1.165) is 27.8 Å². The molecular formula is C32H31NO10. The second-order valence-electron chi connectivity index (χ2n) is 10.6. The van der Waals surface area contributed by atoms with Gasteiger partial charge < -0.3 is 29.2 Å². The molecule has 11 heteroatoms. The molecule has 0 fully saturated rings. The van der Waals surface area contributed by atoms with Gasteiger partial charge in [-0.1, -0.05) is 6.07 Å². The number of hydrogen-bond donors (Lipinski definition) is 2. The molecule has 0 bridgehead atoms. The van der Waals surface area contributed by atoms with Crippen molar-refractivity contribution in [2.75, 3.05) is 6.54 Å². The number of benzene rings is 3. The van der Waals surface area contributed by atoms with Crippen LogP contribution in [-0.2, 0) is 38.4 Å². The molecule has 0 saturated carbocycles. The van der Waals surface area contributed by atoms with E-state index in [1.165, 1.54) is 39.8 Å². The number of carbonyl (C=O) groups excluding carboxylic acids is 4.